The van der Waals surface area contributed by atoms with Crippen LogP contribution in [0.2, 0.25) is 0 Å². The van der Waals surface area contributed by atoms with Gasteiger partial charge in [-0.2, -0.15) is 0 Å². The van der Waals surface area contributed by atoms with E-state index in [2.05, 4.69) is 58.8 Å². The molecule has 0 spiro atoms. The molecule has 0 atom stereocenters. The third kappa shape index (κ3) is 4.04. The molecule has 0 bridgehead atoms. The van der Waals surface area contributed by atoms with Crippen molar-refractivity contribution in [2.75, 3.05) is 0 Å². The van der Waals surface area contributed by atoms with Gasteiger partial charge in [-0.1, -0.05) is 66.0 Å². The highest BCUT2D eigenvalue weighted by atomic mass is 79.9. The Morgan fingerprint density at radius 3 is 2.28 bits per heavy atom. The van der Waals surface area contributed by atoms with E-state index in [1.165, 1.54) is 5.56 Å². The van der Waals surface area contributed by atoms with Gasteiger partial charge in [0.05, 0.1) is 6.54 Å². The predicted molar refractivity (Wildman–Crippen MR) is 87.3 cm³/mol. The molecule has 2 rings (SSSR count). The first-order valence-corrected chi connectivity index (χ1v) is 7.72. The molecule has 4 heteroatoms. The van der Waals surface area contributed by atoms with Crippen LogP contribution in [0.15, 0.2) is 60.9 Å². The van der Waals surface area contributed by atoms with Crippen LogP contribution in [0.25, 0.3) is 0 Å². The third-order valence-corrected chi connectivity index (χ3v) is 4.03. The number of rotatable bonds is 3. The Morgan fingerprint density at radius 2 is 1.61 bits per heavy atom. The number of hydrogen-bond donors (Lipinski definition) is 0. The zero-order valence-corrected chi connectivity index (χ0v) is 14.2. The molecule has 92 valence electrons. The van der Waals surface area contributed by atoms with Crippen molar-refractivity contribution in [1.82, 2.24) is 0 Å². The quantitative estimate of drug-likeness (QED) is 0.561. The van der Waals surface area contributed by atoms with E-state index in [1.54, 1.807) is 0 Å². The van der Waals surface area contributed by atoms with E-state index < -0.39 is 0 Å². The van der Waals surface area contributed by atoms with Crippen LogP contribution in [0.4, 0.5) is 0 Å². The summed E-state index contributed by atoms with van der Waals surface area (Å²) in [6.07, 6.45) is 1.88. The topological polar surface area (TPSA) is 12.4 Å². The minimum Gasteiger partial charge on any atom is -0.288 e. The van der Waals surface area contributed by atoms with E-state index in [0.717, 1.165) is 19.0 Å². The molecule has 0 aliphatic heterocycles. The lowest BCUT2D eigenvalue weighted by Gasteiger charge is -2.00. The van der Waals surface area contributed by atoms with E-state index in [-0.39, 0.29) is 0 Å². The van der Waals surface area contributed by atoms with Crippen molar-refractivity contribution < 1.29 is 0 Å². The summed E-state index contributed by atoms with van der Waals surface area (Å²) in [6, 6.07) is 14.2. The van der Waals surface area contributed by atoms with Gasteiger partial charge in [0.25, 0.3) is 0 Å². The normalized spacial score (nSPS) is 11.1. The number of halogens is 3. The zero-order chi connectivity index (χ0) is 13.0. The second-order valence-corrected chi connectivity index (χ2v) is 6.45. The van der Waals surface area contributed by atoms with Crippen LogP contribution in [0, 0.1) is 0 Å². The fourth-order valence-electron chi connectivity index (χ4n) is 1.53. The van der Waals surface area contributed by atoms with Gasteiger partial charge in [-0.15, -0.1) is 0 Å². The van der Waals surface area contributed by atoms with E-state index >= 15 is 0 Å². The molecule has 0 saturated heterocycles. The van der Waals surface area contributed by atoms with Gasteiger partial charge in [-0.3, -0.25) is 4.99 Å². The van der Waals surface area contributed by atoms with Gasteiger partial charge in [-0.05, 0) is 35.4 Å². The summed E-state index contributed by atoms with van der Waals surface area (Å²) in [5.41, 5.74) is 2.26. The van der Waals surface area contributed by atoms with Crippen molar-refractivity contribution in [1.29, 1.82) is 0 Å². The molecule has 2 aromatic carbocycles. The fourth-order valence-corrected chi connectivity index (χ4v) is 3.26. The van der Waals surface area contributed by atoms with Crippen molar-refractivity contribution >= 4 is 54.0 Å². The molecule has 0 saturated carbocycles. The fraction of sp³-hybridized carbons (Fsp3) is 0.0714. The van der Waals surface area contributed by atoms with Crippen LogP contribution >= 0.6 is 47.8 Å². The van der Waals surface area contributed by atoms with Crippen molar-refractivity contribution in [3.8, 4) is 0 Å². The second kappa shape index (κ2) is 6.64. The number of hydrogen-bond acceptors (Lipinski definition) is 1. The van der Waals surface area contributed by atoms with E-state index in [4.69, 9.17) is 0 Å². The summed E-state index contributed by atoms with van der Waals surface area (Å²) in [6.45, 7) is 0.672. The van der Waals surface area contributed by atoms with Crippen LogP contribution in [0.1, 0.15) is 11.1 Å². The van der Waals surface area contributed by atoms with Crippen LogP contribution in [-0.4, -0.2) is 6.21 Å². The molecule has 0 aromatic heterocycles. The molecule has 0 heterocycles. The summed E-state index contributed by atoms with van der Waals surface area (Å²) in [4.78, 5) is 4.46. The largest absolute Gasteiger partial charge is 0.288 e. The van der Waals surface area contributed by atoms with Crippen LogP contribution in [-0.2, 0) is 6.54 Å². The van der Waals surface area contributed by atoms with Gasteiger partial charge in [0.2, 0.25) is 0 Å². The highest BCUT2D eigenvalue weighted by molar-refractivity contribution is 9.11. The number of nitrogens with zero attached hydrogens (tertiary/aromatic N) is 1. The summed E-state index contributed by atoms with van der Waals surface area (Å²) >= 11 is 10.4. The molecule has 0 aliphatic rings. The number of benzene rings is 2. The molecule has 0 unspecified atom stereocenters. The van der Waals surface area contributed by atoms with Crippen molar-refractivity contribution in [3.63, 3.8) is 0 Å². The first kappa shape index (κ1) is 14.0. The van der Waals surface area contributed by atoms with Gasteiger partial charge in [0, 0.05) is 19.6 Å². The summed E-state index contributed by atoms with van der Waals surface area (Å²) in [7, 11) is 0. The first-order chi connectivity index (χ1) is 8.65. The molecule has 0 fully saturated rings. The molecule has 0 N–H and O–H groups in total. The smallest absolute Gasteiger partial charge is 0.0650 e. The van der Waals surface area contributed by atoms with E-state index in [0.29, 0.717) is 6.54 Å². The van der Waals surface area contributed by atoms with Crippen molar-refractivity contribution in [3.05, 3.63) is 67.0 Å². The molecule has 1 nitrogen and oxygen atoms in total. The maximum Gasteiger partial charge on any atom is 0.0650 e. The van der Waals surface area contributed by atoms with Crippen LogP contribution in [0.5, 0.6) is 0 Å². The molecule has 2 aromatic rings. The Kier molecular flexibility index (Phi) is 5.15. The Balaban J connectivity index is 2.10. The first-order valence-electron chi connectivity index (χ1n) is 5.34. The molecular formula is C14H10Br3N. The molecule has 18 heavy (non-hydrogen) atoms. The summed E-state index contributed by atoms with van der Waals surface area (Å²) < 4.78 is 3.18. The highest BCUT2D eigenvalue weighted by Gasteiger charge is 1.97. The van der Waals surface area contributed by atoms with Crippen molar-refractivity contribution in [2.45, 2.75) is 6.54 Å². The van der Waals surface area contributed by atoms with Gasteiger partial charge in [0.1, 0.15) is 0 Å². The van der Waals surface area contributed by atoms with Gasteiger partial charge >= 0.3 is 0 Å². The van der Waals surface area contributed by atoms with Gasteiger partial charge in [-0.25, -0.2) is 0 Å². The zero-order valence-electron chi connectivity index (χ0n) is 9.41. The minimum absolute atomic E-state index is 0.672. The average Bonchev–Trinajstić information content (AvgIpc) is 2.30. The maximum absolute atomic E-state index is 4.46. The molecular weight excluding hydrogens is 422 g/mol. The summed E-state index contributed by atoms with van der Waals surface area (Å²) in [5, 5.41) is 0. The molecule has 0 amide bonds. The number of aliphatic imine (C=N–C) groups is 1. The Bertz CT molecular complexity index is 559. The van der Waals surface area contributed by atoms with E-state index in [1.807, 2.05) is 42.6 Å². The van der Waals surface area contributed by atoms with Crippen LogP contribution in [0.3, 0.4) is 0 Å². The average molecular weight is 432 g/mol. The lowest BCUT2D eigenvalue weighted by atomic mass is 10.2. The maximum atomic E-state index is 4.46. The van der Waals surface area contributed by atoms with E-state index in [9.17, 15) is 0 Å². The molecule has 0 radical (unpaired) electrons. The van der Waals surface area contributed by atoms with Gasteiger partial charge < -0.3 is 0 Å². The Labute approximate surface area is 132 Å². The van der Waals surface area contributed by atoms with Crippen LogP contribution < -0.4 is 0 Å². The minimum atomic E-state index is 0.672. The highest BCUT2D eigenvalue weighted by Crippen LogP contribution is 2.20. The Hall–Kier alpha value is -0.450. The lowest BCUT2D eigenvalue weighted by Crippen LogP contribution is -1.86. The lowest BCUT2D eigenvalue weighted by molar-refractivity contribution is 1.07. The Morgan fingerprint density at radius 1 is 0.944 bits per heavy atom. The predicted octanol–water partition coefficient (Wildman–Crippen LogP) is 5.59. The summed E-state index contributed by atoms with van der Waals surface area (Å²) in [5.74, 6) is 0. The monoisotopic (exact) mass is 429 g/mol. The van der Waals surface area contributed by atoms with Gasteiger partial charge in [0.15, 0.2) is 0 Å². The molecule has 0 aliphatic carbocycles. The standard InChI is InChI=1S/C14H10Br3N/c15-12-5-10(6-13(16)7-12)8-18-9-11-3-1-2-4-14(11)17/h1-8H,9H2/b18-8+. The van der Waals surface area contributed by atoms with Crippen molar-refractivity contribution in [2.24, 2.45) is 4.99 Å². The SMILES string of the molecule is Brc1cc(Br)cc(/C=N/Cc2ccccc2Br)c1. The third-order valence-electron chi connectivity index (χ3n) is 2.34. The second-order valence-electron chi connectivity index (χ2n) is 3.76.